The third-order valence-electron chi connectivity index (χ3n) is 4.89. The standard InChI is InChI=1S/C22H29N3O2/c1-3-27-23-17-20-7-9-21(10-8-20)26-16-13-19-11-14-25(15-12-19)22-6-4-5-18(2)24-22/h4-10,17,19H,3,11-16H2,1-2H3. The number of anilines is 1. The van der Waals surface area contributed by atoms with E-state index in [0.717, 1.165) is 54.9 Å². The van der Waals surface area contributed by atoms with E-state index in [1.54, 1.807) is 6.21 Å². The van der Waals surface area contributed by atoms with Crippen molar-refractivity contribution in [2.45, 2.75) is 33.1 Å². The average Bonchev–Trinajstić information content (AvgIpc) is 2.70. The Labute approximate surface area is 162 Å². The summed E-state index contributed by atoms with van der Waals surface area (Å²) in [6.45, 7) is 7.46. The van der Waals surface area contributed by atoms with E-state index >= 15 is 0 Å². The molecule has 1 aromatic carbocycles. The molecule has 0 aliphatic carbocycles. The van der Waals surface area contributed by atoms with Crippen LogP contribution in [0.25, 0.3) is 0 Å². The average molecular weight is 367 g/mol. The van der Waals surface area contributed by atoms with Crippen molar-refractivity contribution in [1.82, 2.24) is 4.98 Å². The van der Waals surface area contributed by atoms with E-state index in [0.29, 0.717) is 6.61 Å². The topological polar surface area (TPSA) is 47.0 Å². The first-order valence-electron chi connectivity index (χ1n) is 9.81. The molecule has 0 spiro atoms. The highest BCUT2D eigenvalue weighted by Gasteiger charge is 2.20. The number of aryl methyl sites for hydroxylation is 1. The fourth-order valence-corrected chi connectivity index (χ4v) is 3.32. The van der Waals surface area contributed by atoms with Gasteiger partial charge in [-0.3, -0.25) is 0 Å². The third kappa shape index (κ3) is 5.98. The van der Waals surface area contributed by atoms with E-state index in [-0.39, 0.29) is 0 Å². The van der Waals surface area contributed by atoms with E-state index in [4.69, 9.17) is 9.57 Å². The summed E-state index contributed by atoms with van der Waals surface area (Å²) in [4.78, 5) is 12.0. The third-order valence-corrected chi connectivity index (χ3v) is 4.89. The van der Waals surface area contributed by atoms with Gasteiger partial charge in [-0.15, -0.1) is 0 Å². The number of piperidine rings is 1. The molecular formula is C22H29N3O2. The number of aromatic nitrogens is 1. The summed E-state index contributed by atoms with van der Waals surface area (Å²) in [6.07, 6.45) is 5.21. The molecule has 0 unspecified atom stereocenters. The molecule has 3 rings (SSSR count). The number of pyridine rings is 1. The van der Waals surface area contributed by atoms with Crippen molar-refractivity contribution in [3.63, 3.8) is 0 Å². The Morgan fingerprint density at radius 1 is 1.15 bits per heavy atom. The van der Waals surface area contributed by atoms with Gasteiger partial charge in [0.05, 0.1) is 12.8 Å². The Bertz CT molecular complexity index is 723. The Morgan fingerprint density at radius 2 is 1.93 bits per heavy atom. The second kappa shape index (κ2) is 9.95. The summed E-state index contributed by atoms with van der Waals surface area (Å²) in [5, 5.41) is 3.87. The lowest BCUT2D eigenvalue weighted by Crippen LogP contribution is -2.34. The van der Waals surface area contributed by atoms with Gasteiger partial charge < -0.3 is 14.5 Å². The Kier molecular flexibility index (Phi) is 7.08. The zero-order valence-electron chi connectivity index (χ0n) is 16.3. The van der Waals surface area contributed by atoms with Gasteiger partial charge in [-0.05, 0) is 81.0 Å². The molecule has 5 heteroatoms. The normalized spacial score (nSPS) is 15.3. The van der Waals surface area contributed by atoms with E-state index in [1.165, 1.54) is 12.8 Å². The molecule has 0 atom stereocenters. The molecule has 0 radical (unpaired) electrons. The lowest BCUT2D eigenvalue weighted by Gasteiger charge is -2.33. The summed E-state index contributed by atoms with van der Waals surface area (Å²) >= 11 is 0. The minimum atomic E-state index is 0.581. The molecule has 5 nitrogen and oxygen atoms in total. The zero-order chi connectivity index (χ0) is 18.9. The van der Waals surface area contributed by atoms with Gasteiger partial charge in [0.1, 0.15) is 18.2 Å². The quantitative estimate of drug-likeness (QED) is 0.511. The molecule has 0 amide bonds. The van der Waals surface area contributed by atoms with Crippen molar-refractivity contribution in [3.8, 4) is 5.75 Å². The van der Waals surface area contributed by atoms with Gasteiger partial charge >= 0.3 is 0 Å². The van der Waals surface area contributed by atoms with Crippen LogP contribution in [-0.4, -0.2) is 37.5 Å². The smallest absolute Gasteiger partial charge is 0.128 e. The van der Waals surface area contributed by atoms with Crippen LogP contribution in [0.1, 0.15) is 37.4 Å². The number of oxime groups is 1. The maximum atomic E-state index is 5.91. The monoisotopic (exact) mass is 367 g/mol. The molecule has 1 aliphatic heterocycles. The van der Waals surface area contributed by atoms with Crippen molar-refractivity contribution in [3.05, 3.63) is 53.7 Å². The van der Waals surface area contributed by atoms with E-state index in [9.17, 15) is 0 Å². The maximum Gasteiger partial charge on any atom is 0.128 e. The first kappa shape index (κ1) is 19.2. The summed E-state index contributed by atoms with van der Waals surface area (Å²) in [6, 6.07) is 14.2. The molecule has 144 valence electrons. The second-order valence-corrected chi connectivity index (χ2v) is 6.93. The highest BCUT2D eigenvalue weighted by Crippen LogP contribution is 2.24. The van der Waals surface area contributed by atoms with Gasteiger partial charge in [0.25, 0.3) is 0 Å². The van der Waals surface area contributed by atoms with Crippen LogP contribution >= 0.6 is 0 Å². The predicted octanol–water partition coefficient (Wildman–Crippen LogP) is 4.45. The van der Waals surface area contributed by atoms with Gasteiger partial charge in [0.15, 0.2) is 0 Å². The highest BCUT2D eigenvalue weighted by atomic mass is 16.6. The molecule has 27 heavy (non-hydrogen) atoms. The fourth-order valence-electron chi connectivity index (χ4n) is 3.32. The summed E-state index contributed by atoms with van der Waals surface area (Å²) in [5.74, 6) is 2.74. The van der Waals surface area contributed by atoms with Gasteiger partial charge in [-0.1, -0.05) is 11.2 Å². The Hall–Kier alpha value is -2.56. The van der Waals surface area contributed by atoms with E-state index in [1.807, 2.05) is 44.2 Å². The number of hydrogen-bond donors (Lipinski definition) is 0. The number of ether oxygens (including phenoxy) is 1. The molecule has 2 aromatic rings. The number of rotatable bonds is 8. The molecule has 0 bridgehead atoms. The fraction of sp³-hybridized carbons (Fsp3) is 0.455. The number of benzene rings is 1. The van der Waals surface area contributed by atoms with Crippen molar-refractivity contribution in [1.29, 1.82) is 0 Å². The molecule has 1 saturated heterocycles. The molecule has 1 aliphatic rings. The van der Waals surface area contributed by atoms with Gasteiger partial charge in [0, 0.05) is 18.8 Å². The highest BCUT2D eigenvalue weighted by molar-refractivity contribution is 5.79. The molecule has 0 saturated carbocycles. The van der Waals surface area contributed by atoms with Crippen LogP contribution in [0.5, 0.6) is 5.75 Å². The molecular weight excluding hydrogens is 338 g/mol. The number of nitrogens with zero attached hydrogens (tertiary/aromatic N) is 3. The predicted molar refractivity (Wildman–Crippen MR) is 110 cm³/mol. The van der Waals surface area contributed by atoms with Crippen LogP contribution in [0.15, 0.2) is 47.6 Å². The van der Waals surface area contributed by atoms with Gasteiger partial charge in [0.2, 0.25) is 0 Å². The van der Waals surface area contributed by atoms with Crippen LogP contribution in [0, 0.1) is 12.8 Å². The van der Waals surface area contributed by atoms with Crippen LogP contribution < -0.4 is 9.64 Å². The van der Waals surface area contributed by atoms with Gasteiger partial charge in [-0.25, -0.2) is 4.98 Å². The van der Waals surface area contributed by atoms with Gasteiger partial charge in [-0.2, -0.15) is 0 Å². The largest absolute Gasteiger partial charge is 0.494 e. The summed E-state index contributed by atoms with van der Waals surface area (Å²) < 4.78 is 5.91. The molecule has 1 fully saturated rings. The van der Waals surface area contributed by atoms with E-state index < -0.39 is 0 Å². The van der Waals surface area contributed by atoms with Crippen LogP contribution in [0.4, 0.5) is 5.82 Å². The summed E-state index contributed by atoms with van der Waals surface area (Å²) in [5.41, 5.74) is 2.09. The van der Waals surface area contributed by atoms with Crippen LogP contribution in [0.3, 0.4) is 0 Å². The van der Waals surface area contributed by atoms with Crippen LogP contribution in [0.2, 0.25) is 0 Å². The van der Waals surface area contributed by atoms with Crippen molar-refractivity contribution in [2.24, 2.45) is 11.1 Å². The Balaban J connectivity index is 1.38. The van der Waals surface area contributed by atoms with Crippen molar-refractivity contribution in [2.75, 3.05) is 31.2 Å². The maximum absolute atomic E-state index is 5.91. The lowest BCUT2D eigenvalue weighted by atomic mass is 9.94. The van der Waals surface area contributed by atoms with Crippen molar-refractivity contribution >= 4 is 12.0 Å². The molecule has 1 aromatic heterocycles. The zero-order valence-corrected chi connectivity index (χ0v) is 16.3. The second-order valence-electron chi connectivity index (χ2n) is 6.93. The SMILES string of the molecule is CCON=Cc1ccc(OCCC2CCN(c3cccc(C)n3)CC2)cc1. The first-order valence-corrected chi connectivity index (χ1v) is 9.81. The van der Waals surface area contributed by atoms with E-state index in [2.05, 4.69) is 27.2 Å². The minimum Gasteiger partial charge on any atom is -0.494 e. The molecule has 0 N–H and O–H groups in total. The lowest BCUT2D eigenvalue weighted by molar-refractivity contribution is 0.160. The minimum absolute atomic E-state index is 0.581. The molecule has 2 heterocycles. The number of hydrogen-bond acceptors (Lipinski definition) is 5. The Morgan fingerprint density at radius 3 is 2.63 bits per heavy atom. The van der Waals surface area contributed by atoms with Crippen molar-refractivity contribution < 1.29 is 9.57 Å². The first-order chi connectivity index (χ1) is 13.2. The van der Waals surface area contributed by atoms with Crippen LogP contribution in [-0.2, 0) is 4.84 Å². The summed E-state index contributed by atoms with van der Waals surface area (Å²) in [7, 11) is 0.